The van der Waals surface area contributed by atoms with Gasteiger partial charge < -0.3 is 10.1 Å². The fraction of sp³-hybridized carbons (Fsp3) is 0.467. The van der Waals surface area contributed by atoms with Crippen molar-refractivity contribution in [1.29, 1.82) is 0 Å². The van der Waals surface area contributed by atoms with Gasteiger partial charge in [-0.2, -0.15) is 0 Å². The van der Waals surface area contributed by atoms with Gasteiger partial charge in [0, 0.05) is 18.1 Å². The second kappa shape index (κ2) is 9.27. The van der Waals surface area contributed by atoms with E-state index in [4.69, 9.17) is 16.3 Å². The van der Waals surface area contributed by atoms with Crippen LogP contribution in [-0.4, -0.2) is 49.6 Å². The SMILES string of the molecule is CCNC(=O)NC(=O)[C@H](C)N(C)CCOc1ccc(Cl)cc1. The lowest BCUT2D eigenvalue weighted by molar-refractivity contribution is -0.124. The summed E-state index contributed by atoms with van der Waals surface area (Å²) in [5, 5.41) is 5.46. The van der Waals surface area contributed by atoms with Crippen LogP contribution in [0.5, 0.6) is 5.75 Å². The molecule has 0 aliphatic heterocycles. The highest BCUT2D eigenvalue weighted by Crippen LogP contribution is 2.15. The van der Waals surface area contributed by atoms with E-state index in [1.165, 1.54) is 0 Å². The van der Waals surface area contributed by atoms with E-state index in [1.807, 2.05) is 4.90 Å². The maximum Gasteiger partial charge on any atom is 0.321 e. The number of hydrogen-bond acceptors (Lipinski definition) is 4. The molecule has 6 nitrogen and oxygen atoms in total. The Morgan fingerprint density at radius 1 is 1.32 bits per heavy atom. The average Bonchev–Trinajstić information content (AvgIpc) is 2.48. The fourth-order valence-electron chi connectivity index (χ4n) is 1.65. The number of nitrogens with zero attached hydrogens (tertiary/aromatic N) is 1. The molecule has 0 heterocycles. The van der Waals surface area contributed by atoms with Crippen molar-refractivity contribution >= 4 is 23.5 Å². The molecule has 0 aromatic heterocycles. The average molecular weight is 328 g/mol. The lowest BCUT2D eigenvalue weighted by Crippen LogP contribution is -2.49. The van der Waals surface area contributed by atoms with E-state index >= 15 is 0 Å². The molecule has 122 valence electrons. The number of amides is 3. The number of likely N-dealkylation sites (N-methyl/N-ethyl adjacent to an activating group) is 1. The van der Waals surface area contributed by atoms with E-state index < -0.39 is 12.1 Å². The Bertz CT molecular complexity index is 493. The van der Waals surface area contributed by atoms with E-state index in [1.54, 1.807) is 45.2 Å². The summed E-state index contributed by atoms with van der Waals surface area (Å²) in [6.45, 7) is 4.96. The smallest absolute Gasteiger partial charge is 0.321 e. The van der Waals surface area contributed by atoms with Crippen LogP contribution in [0.15, 0.2) is 24.3 Å². The van der Waals surface area contributed by atoms with Crippen LogP contribution in [-0.2, 0) is 4.79 Å². The summed E-state index contributed by atoms with van der Waals surface area (Å²) < 4.78 is 5.57. The first kappa shape index (κ1) is 18.3. The van der Waals surface area contributed by atoms with Crippen LogP contribution in [0.4, 0.5) is 4.79 Å². The van der Waals surface area contributed by atoms with Crippen LogP contribution in [0, 0.1) is 0 Å². The van der Waals surface area contributed by atoms with Gasteiger partial charge >= 0.3 is 6.03 Å². The molecule has 2 N–H and O–H groups in total. The van der Waals surface area contributed by atoms with Gasteiger partial charge in [-0.1, -0.05) is 11.6 Å². The summed E-state index contributed by atoms with van der Waals surface area (Å²) in [6, 6.07) is 6.16. The molecule has 3 amide bonds. The topological polar surface area (TPSA) is 70.7 Å². The second-order valence-electron chi connectivity index (χ2n) is 4.81. The van der Waals surface area contributed by atoms with Gasteiger partial charge in [0.25, 0.3) is 0 Å². The van der Waals surface area contributed by atoms with Crippen molar-refractivity contribution in [3.8, 4) is 5.75 Å². The Morgan fingerprint density at radius 3 is 2.55 bits per heavy atom. The molecule has 1 aromatic rings. The third-order valence-electron chi connectivity index (χ3n) is 3.14. The third kappa shape index (κ3) is 6.32. The molecule has 0 saturated carbocycles. The van der Waals surface area contributed by atoms with Crippen LogP contribution in [0.3, 0.4) is 0 Å². The Hall–Kier alpha value is -1.79. The number of carbonyl (C=O) groups excluding carboxylic acids is 2. The minimum Gasteiger partial charge on any atom is -0.492 e. The lowest BCUT2D eigenvalue weighted by atomic mass is 10.3. The van der Waals surface area contributed by atoms with E-state index in [0.717, 1.165) is 5.75 Å². The lowest BCUT2D eigenvalue weighted by Gasteiger charge is -2.23. The van der Waals surface area contributed by atoms with Crippen molar-refractivity contribution in [2.45, 2.75) is 19.9 Å². The van der Waals surface area contributed by atoms with Crippen molar-refractivity contribution in [3.05, 3.63) is 29.3 Å². The van der Waals surface area contributed by atoms with Crippen LogP contribution >= 0.6 is 11.6 Å². The summed E-state index contributed by atoms with van der Waals surface area (Å²) in [5.74, 6) is 0.372. The number of halogens is 1. The molecule has 0 fully saturated rings. The Labute approximate surface area is 135 Å². The van der Waals surface area contributed by atoms with E-state index in [9.17, 15) is 9.59 Å². The first-order valence-electron chi connectivity index (χ1n) is 7.11. The van der Waals surface area contributed by atoms with Gasteiger partial charge in [0.15, 0.2) is 0 Å². The quantitative estimate of drug-likeness (QED) is 0.802. The highest BCUT2D eigenvalue weighted by atomic mass is 35.5. The minimum atomic E-state index is -0.481. The van der Waals surface area contributed by atoms with Gasteiger partial charge in [0.05, 0.1) is 6.04 Å². The summed E-state index contributed by atoms with van der Waals surface area (Å²) in [5.41, 5.74) is 0. The maximum atomic E-state index is 11.9. The zero-order chi connectivity index (χ0) is 16.5. The monoisotopic (exact) mass is 327 g/mol. The third-order valence-corrected chi connectivity index (χ3v) is 3.39. The normalized spacial score (nSPS) is 11.9. The van der Waals surface area contributed by atoms with E-state index in [-0.39, 0.29) is 5.91 Å². The minimum absolute atomic E-state index is 0.347. The largest absolute Gasteiger partial charge is 0.492 e. The highest BCUT2D eigenvalue weighted by molar-refractivity contribution is 6.30. The molecule has 22 heavy (non-hydrogen) atoms. The molecule has 1 aromatic carbocycles. The number of rotatable bonds is 7. The Kier molecular flexibility index (Phi) is 7.70. The fourth-order valence-corrected chi connectivity index (χ4v) is 1.78. The molecule has 1 atom stereocenters. The molecular weight excluding hydrogens is 306 g/mol. The number of urea groups is 1. The second-order valence-corrected chi connectivity index (χ2v) is 5.24. The van der Waals surface area contributed by atoms with Crippen molar-refractivity contribution in [1.82, 2.24) is 15.5 Å². The molecule has 0 radical (unpaired) electrons. The first-order valence-corrected chi connectivity index (χ1v) is 7.49. The van der Waals surface area contributed by atoms with Crippen molar-refractivity contribution in [2.75, 3.05) is 26.7 Å². The predicted molar refractivity (Wildman–Crippen MR) is 86.3 cm³/mol. The molecule has 7 heteroatoms. The van der Waals surface area contributed by atoms with Crippen LogP contribution in [0.1, 0.15) is 13.8 Å². The molecule has 0 unspecified atom stereocenters. The number of nitrogens with one attached hydrogen (secondary N) is 2. The highest BCUT2D eigenvalue weighted by Gasteiger charge is 2.19. The summed E-state index contributed by atoms with van der Waals surface area (Å²) >= 11 is 5.80. The summed E-state index contributed by atoms with van der Waals surface area (Å²) in [7, 11) is 1.80. The van der Waals surface area contributed by atoms with Gasteiger partial charge in [0.2, 0.25) is 5.91 Å². The van der Waals surface area contributed by atoms with Gasteiger partial charge in [-0.05, 0) is 45.2 Å². The van der Waals surface area contributed by atoms with E-state index in [0.29, 0.717) is 24.7 Å². The number of imide groups is 1. The molecule has 0 spiro atoms. The predicted octanol–water partition coefficient (Wildman–Crippen LogP) is 1.88. The number of hydrogen-bond donors (Lipinski definition) is 2. The zero-order valence-corrected chi connectivity index (χ0v) is 13.8. The zero-order valence-electron chi connectivity index (χ0n) is 13.1. The van der Waals surface area contributed by atoms with Crippen LogP contribution < -0.4 is 15.4 Å². The molecule has 1 rings (SSSR count). The van der Waals surface area contributed by atoms with Gasteiger partial charge in [-0.15, -0.1) is 0 Å². The van der Waals surface area contributed by atoms with Crippen molar-refractivity contribution in [3.63, 3.8) is 0 Å². The van der Waals surface area contributed by atoms with Crippen molar-refractivity contribution in [2.24, 2.45) is 0 Å². The Morgan fingerprint density at radius 2 is 1.95 bits per heavy atom. The van der Waals surface area contributed by atoms with Gasteiger partial charge in [-0.3, -0.25) is 15.0 Å². The van der Waals surface area contributed by atoms with Crippen LogP contribution in [0.25, 0.3) is 0 Å². The molecular formula is C15H22ClN3O3. The molecule has 0 bridgehead atoms. The standard InChI is InChI=1S/C15H22ClN3O3/c1-4-17-15(21)18-14(20)11(2)19(3)9-10-22-13-7-5-12(16)6-8-13/h5-8,11H,4,9-10H2,1-3H3,(H2,17,18,20,21)/t11-/m0/s1. The molecule has 0 saturated heterocycles. The first-order chi connectivity index (χ1) is 10.4. The van der Waals surface area contributed by atoms with E-state index in [2.05, 4.69) is 10.6 Å². The van der Waals surface area contributed by atoms with Gasteiger partial charge in [0.1, 0.15) is 12.4 Å². The molecule has 0 aliphatic rings. The van der Waals surface area contributed by atoms with Crippen molar-refractivity contribution < 1.29 is 14.3 Å². The molecule has 0 aliphatic carbocycles. The summed E-state index contributed by atoms with van der Waals surface area (Å²) in [6.07, 6.45) is 0. The van der Waals surface area contributed by atoms with Crippen LogP contribution in [0.2, 0.25) is 5.02 Å². The number of carbonyl (C=O) groups is 2. The van der Waals surface area contributed by atoms with Gasteiger partial charge in [-0.25, -0.2) is 4.79 Å². The number of benzene rings is 1. The summed E-state index contributed by atoms with van der Waals surface area (Å²) in [4.78, 5) is 25.0. The maximum absolute atomic E-state index is 11.9. The number of ether oxygens (including phenoxy) is 1. The Balaban J connectivity index is 2.34.